The van der Waals surface area contributed by atoms with Gasteiger partial charge in [-0.2, -0.15) is 0 Å². The average molecular weight is 239 g/mol. The van der Waals surface area contributed by atoms with Crippen LogP contribution in [0.2, 0.25) is 0 Å². The fourth-order valence-corrected chi connectivity index (χ4v) is 2.61. The van der Waals surface area contributed by atoms with E-state index in [0.717, 1.165) is 6.04 Å². The summed E-state index contributed by atoms with van der Waals surface area (Å²) in [7, 11) is 0. The standard InChI is InChI=1S/C14H29N3/c1-2-8-16-10-12-17(13-11-16)9-4-3-7-15-14-5-6-14/h14-15H,2-13H2,1H3. The van der Waals surface area contributed by atoms with Gasteiger partial charge in [0.15, 0.2) is 0 Å². The smallest absolute Gasteiger partial charge is 0.0110 e. The van der Waals surface area contributed by atoms with Gasteiger partial charge in [-0.15, -0.1) is 0 Å². The maximum Gasteiger partial charge on any atom is 0.0110 e. The minimum Gasteiger partial charge on any atom is -0.314 e. The number of piperazine rings is 1. The van der Waals surface area contributed by atoms with E-state index in [-0.39, 0.29) is 0 Å². The third-order valence-electron chi connectivity index (χ3n) is 3.92. The van der Waals surface area contributed by atoms with Crippen LogP contribution in [0, 0.1) is 0 Å². The molecule has 1 saturated heterocycles. The first kappa shape index (κ1) is 13.3. The van der Waals surface area contributed by atoms with Crippen molar-refractivity contribution in [1.82, 2.24) is 15.1 Å². The molecule has 3 heteroatoms. The highest BCUT2D eigenvalue weighted by Crippen LogP contribution is 2.18. The Labute approximate surface area is 107 Å². The maximum absolute atomic E-state index is 3.59. The van der Waals surface area contributed by atoms with E-state index in [2.05, 4.69) is 22.0 Å². The molecule has 0 unspecified atom stereocenters. The second kappa shape index (κ2) is 7.34. The van der Waals surface area contributed by atoms with Gasteiger partial charge in [0.2, 0.25) is 0 Å². The lowest BCUT2D eigenvalue weighted by Crippen LogP contribution is -2.46. The minimum atomic E-state index is 0.882. The molecule has 1 heterocycles. The lowest BCUT2D eigenvalue weighted by molar-refractivity contribution is 0.131. The largest absolute Gasteiger partial charge is 0.314 e. The molecule has 17 heavy (non-hydrogen) atoms. The fraction of sp³-hybridized carbons (Fsp3) is 1.00. The van der Waals surface area contributed by atoms with Crippen molar-refractivity contribution in [3.8, 4) is 0 Å². The first-order chi connectivity index (χ1) is 8.38. The van der Waals surface area contributed by atoms with Crippen LogP contribution < -0.4 is 5.32 Å². The Kier molecular flexibility index (Phi) is 5.75. The number of hydrogen-bond acceptors (Lipinski definition) is 3. The topological polar surface area (TPSA) is 18.5 Å². The Morgan fingerprint density at radius 1 is 0.941 bits per heavy atom. The Morgan fingerprint density at radius 3 is 2.18 bits per heavy atom. The van der Waals surface area contributed by atoms with Crippen molar-refractivity contribution in [2.45, 2.75) is 45.1 Å². The summed E-state index contributed by atoms with van der Waals surface area (Å²) in [5, 5.41) is 3.59. The molecule has 0 amide bonds. The van der Waals surface area contributed by atoms with Crippen molar-refractivity contribution < 1.29 is 0 Å². The van der Waals surface area contributed by atoms with E-state index in [1.807, 2.05) is 0 Å². The molecule has 0 aromatic carbocycles. The number of nitrogens with one attached hydrogen (secondary N) is 1. The highest BCUT2D eigenvalue weighted by Gasteiger charge is 2.19. The number of rotatable bonds is 8. The molecule has 2 fully saturated rings. The number of unbranched alkanes of at least 4 members (excludes halogenated alkanes) is 1. The summed E-state index contributed by atoms with van der Waals surface area (Å²) in [6.45, 7) is 11.3. The van der Waals surface area contributed by atoms with E-state index < -0.39 is 0 Å². The Balaban J connectivity index is 1.43. The van der Waals surface area contributed by atoms with Gasteiger partial charge in [0.1, 0.15) is 0 Å². The summed E-state index contributed by atoms with van der Waals surface area (Å²) < 4.78 is 0. The predicted molar refractivity (Wildman–Crippen MR) is 73.4 cm³/mol. The van der Waals surface area contributed by atoms with E-state index in [1.54, 1.807) is 0 Å². The van der Waals surface area contributed by atoms with Crippen LogP contribution in [0.5, 0.6) is 0 Å². The first-order valence-corrected chi connectivity index (χ1v) is 7.56. The molecule has 2 rings (SSSR count). The highest BCUT2D eigenvalue weighted by atomic mass is 15.3. The lowest BCUT2D eigenvalue weighted by atomic mass is 10.2. The Hall–Kier alpha value is -0.120. The zero-order chi connectivity index (χ0) is 11.9. The van der Waals surface area contributed by atoms with E-state index in [1.165, 1.54) is 77.9 Å². The highest BCUT2D eigenvalue weighted by molar-refractivity contribution is 4.80. The van der Waals surface area contributed by atoms with Crippen molar-refractivity contribution in [1.29, 1.82) is 0 Å². The summed E-state index contributed by atoms with van der Waals surface area (Å²) in [5.41, 5.74) is 0. The van der Waals surface area contributed by atoms with Crippen LogP contribution in [0.15, 0.2) is 0 Å². The number of hydrogen-bond donors (Lipinski definition) is 1. The quantitative estimate of drug-likeness (QED) is 0.648. The molecule has 2 aliphatic rings. The second-order valence-corrected chi connectivity index (χ2v) is 5.62. The molecule has 0 atom stereocenters. The Morgan fingerprint density at radius 2 is 1.59 bits per heavy atom. The number of nitrogens with zero attached hydrogens (tertiary/aromatic N) is 2. The van der Waals surface area contributed by atoms with E-state index in [4.69, 9.17) is 0 Å². The lowest BCUT2D eigenvalue weighted by Gasteiger charge is -2.34. The molecule has 0 aromatic rings. The van der Waals surface area contributed by atoms with Gasteiger partial charge in [0, 0.05) is 32.2 Å². The van der Waals surface area contributed by atoms with Gasteiger partial charge in [-0.1, -0.05) is 6.92 Å². The molecular weight excluding hydrogens is 210 g/mol. The SMILES string of the molecule is CCCN1CCN(CCCCNC2CC2)CC1. The third-order valence-corrected chi connectivity index (χ3v) is 3.92. The normalized spacial score (nSPS) is 23.1. The maximum atomic E-state index is 3.59. The molecule has 0 radical (unpaired) electrons. The molecular formula is C14H29N3. The van der Waals surface area contributed by atoms with Gasteiger partial charge < -0.3 is 15.1 Å². The summed E-state index contributed by atoms with van der Waals surface area (Å²) in [6, 6.07) is 0.882. The predicted octanol–water partition coefficient (Wildman–Crippen LogP) is 1.55. The summed E-state index contributed by atoms with van der Waals surface area (Å²) >= 11 is 0. The van der Waals surface area contributed by atoms with Crippen LogP contribution in [0.4, 0.5) is 0 Å². The molecule has 0 aromatic heterocycles. The van der Waals surface area contributed by atoms with Crippen molar-refractivity contribution in [2.75, 3.05) is 45.8 Å². The Bertz CT molecular complexity index is 196. The van der Waals surface area contributed by atoms with Gasteiger partial charge in [0.25, 0.3) is 0 Å². The first-order valence-electron chi connectivity index (χ1n) is 7.56. The van der Waals surface area contributed by atoms with Gasteiger partial charge >= 0.3 is 0 Å². The van der Waals surface area contributed by atoms with Crippen LogP contribution in [0.3, 0.4) is 0 Å². The second-order valence-electron chi connectivity index (χ2n) is 5.62. The van der Waals surface area contributed by atoms with E-state index in [0.29, 0.717) is 0 Å². The van der Waals surface area contributed by atoms with Gasteiger partial charge in [-0.3, -0.25) is 0 Å². The molecule has 100 valence electrons. The monoisotopic (exact) mass is 239 g/mol. The minimum absolute atomic E-state index is 0.882. The molecule has 1 aliphatic heterocycles. The van der Waals surface area contributed by atoms with Crippen LogP contribution >= 0.6 is 0 Å². The molecule has 0 bridgehead atoms. The van der Waals surface area contributed by atoms with Crippen LogP contribution in [-0.4, -0.2) is 61.7 Å². The van der Waals surface area contributed by atoms with Crippen LogP contribution in [0.1, 0.15) is 39.0 Å². The van der Waals surface area contributed by atoms with Gasteiger partial charge in [-0.05, 0) is 51.7 Å². The van der Waals surface area contributed by atoms with Crippen molar-refractivity contribution in [2.24, 2.45) is 0 Å². The van der Waals surface area contributed by atoms with E-state index in [9.17, 15) is 0 Å². The molecule has 0 spiro atoms. The van der Waals surface area contributed by atoms with Crippen LogP contribution in [0.25, 0.3) is 0 Å². The average Bonchev–Trinajstić information content (AvgIpc) is 3.15. The zero-order valence-corrected chi connectivity index (χ0v) is 11.5. The van der Waals surface area contributed by atoms with E-state index >= 15 is 0 Å². The third kappa shape index (κ3) is 5.36. The summed E-state index contributed by atoms with van der Waals surface area (Å²) in [6.07, 6.45) is 6.85. The molecule has 1 saturated carbocycles. The van der Waals surface area contributed by atoms with Gasteiger partial charge in [-0.25, -0.2) is 0 Å². The molecule has 3 nitrogen and oxygen atoms in total. The summed E-state index contributed by atoms with van der Waals surface area (Å²) in [5.74, 6) is 0. The summed E-state index contributed by atoms with van der Waals surface area (Å²) in [4.78, 5) is 5.24. The fourth-order valence-electron chi connectivity index (χ4n) is 2.61. The van der Waals surface area contributed by atoms with Crippen molar-refractivity contribution >= 4 is 0 Å². The zero-order valence-electron chi connectivity index (χ0n) is 11.5. The van der Waals surface area contributed by atoms with Gasteiger partial charge in [0.05, 0.1) is 0 Å². The van der Waals surface area contributed by atoms with Crippen molar-refractivity contribution in [3.63, 3.8) is 0 Å². The van der Waals surface area contributed by atoms with Crippen LogP contribution in [-0.2, 0) is 0 Å². The molecule has 1 N–H and O–H groups in total. The molecule has 1 aliphatic carbocycles. The van der Waals surface area contributed by atoms with Crippen molar-refractivity contribution in [3.05, 3.63) is 0 Å².